The Hall–Kier alpha value is -2.89. The van der Waals surface area contributed by atoms with E-state index in [1.54, 1.807) is 28.9 Å². The molecule has 142 valence electrons. The van der Waals surface area contributed by atoms with E-state index in [1.807, 2.05) is 32.0 Å². The lowest BCUT2D eigenvalue weighted by Gasteiger charge is -2.21. The molecule has 0 spiro atoms. The maximum Gasteiger partial charge on any atom is 0.256 e. The van der Waals surface area contributed by atoms with Gasteiger partial charge in [0.05, 0.1) is 0 Å². The van der Waals surface area contributed by atoms with Crippen molar-refractivity contribution >= 4 is 11.8 Å². The van der Waals surface area contributed by atoms with Crippen LogP contribution in [-0.4, -0.2) is 52.8 Å². The number of carbonyl (C=O) groups excluding carboxylic acids is 2. The van der Waals surface area contributed by atoms with Crippen LogP contribution >= 0.6 is 0 Å². The van der Waals surface area contributed by atoms with Crippen LogP contribution in [0, 0.1) is 13.8 Å². The zero-order valence-electron chi connectivity index (χ0n) is 16.0. The fraction of sp³-hybridized carbons (Fsp3) is 0.381. The van der Waals surface area contributed by atoms with Crippen LogP contribution in [0.3, 0.4) is 0 Å². The maximum atomic E-state index is 12.8. The van der Waals surface area contributed by atoms with Crippen LogP contribution in [0.2, 0.25) is 0 Å². The quantitative estimate of drug-likeness (QED) is 0.885. The number of hydrogen-bond donors (Lipinski definition) is 1. The number of nitrogens with one attached hydrogen (secondary N) is 1. The second-order valence-electron chi connectivity index (χ2n) is 7.05. The van der Waals surface area contributed by atoms with Gasteiger partial charge in [-0.15, -0.1) is 0 Å². The summed E-state index contributed by atoms with van der Waals surface area (Å²) in [5.41, 5.74) is 3.73. The molecule has 3 rings (SSSR count). The standard InChI is InChI=1S/C21H25N3O3/c1-14-13-19(20(26)22-15(14)2)17-5-7-18(8-6-17)21(27)24-10-4-9-23(11-12-24)16(3)25/h5-8,13H,4,9-12H2,1-3H3,(H,22,26). The van der Waals surface area contributed by atoms with Gasteiger partial charge in [-0.1, -0.05) is 12.1 Å². The van der Waals surface area contributed by atoms with Crippen molar-refractivity contribution in [2.75, 3.05) is 26.2 Å². The van der Waals surface area contributed by atoms with Gasteiger partial charge in [-0.05, 0) is 49.6 Å². The van der Waals surface area contributed by atoms with Gasteiger partial charge in [-0.25, -0.2) is 0 Å². The van der Waals surface area contributed by atoms with Crippen LogP contribution in [0.15, 0.2) is 35.1 Å². The summed E-state index contributed by atoms with van der Waals surface area (Å²) in [7, 11) is 0. The Morgan fingerprint density at radius 1 is 0.963 bits per heavy atom. The van der Waals surface area contributed by atoms with Crippen molar-refractivity contribution in [3.05, 3.63) is 57.5 Å². The lowest BCUT2D eigenvalue weighted by molar-refractivity contribution is -0.128. The normalized spacial score (nSPS) is 14.8. The summed E-state index contributed by atoms with van der Waals surface area (Å²) in [6, 6.07) is 9.02. The molecule has 1 fully saturated rings. The first-order chi connectivity index (χ1) is 12.9. The van der Waals surface area contributed by atoms with E-state index in [4.69, 9.17) is 0 Å². The molecule has 1 aromatic heterocycles. The van der Waals surface area contributed by atoms with E-state index in [-0.39, 0.29) is 17.4 Å². The molecule has 2 heterocycles. The maximum absolute atomic E-state index is 12.8. The molecule has 2 amide bonds. The summed E-state index contributed by atoms with van der Waals surface area (Å²) in [6.45, 7) is 7.82. The fourth-order valence-electron chi connectivity index (χ4n) is 3.35. The molecular weight excluding hydrogens is 342 g/mol. The number of nitrogens with zero attached hydrogens (tertiary/aromatic N) is 2. The lowest BCUT2D eigenvalue weighted by atomic mass is 10.0. The number of H-pyrrole nitrogens is 1. The molecule has 0 unspecified atom stereocenters. The number of hydrogen-bond acceptors (Lipinski definition) is 3. The van der Waals surface area contributed by atoms with Gasteiger partial charge in [0.1, 0.15) is 0 Å². The topological polar surface area (TPSA) is 73.5 Å². The van der Waals surface area contributed by atoms with Crippen LogP contribution in [0.1, 0.15) is 35.0 Å². The second kappa shape index (κ2) is 7.78. The second-order valence-corrected chi connectivity index (χ2v) is 7.05. The highest BCUT2D eigenvalue weighted by Crippen LogP contribution is 2.19. The molecule has 6 nitrogen and oxygen atoms in total. The molecule has 0 bridgehead atoms. The van der Waals surface area contributed by atoms with Gasteiger partial charge in [0, 0.05) is 49.9 Å². The Morgan fingerprint density at radius 2 is 1.59 bits per heavy atom. The highest BCUT2D eigenvalue weighted by atomic mass is 16.2. The molecule has 0 saturated carbocycles. The van der Waals surface area contributed by atoms with Gasteiger partial charge in [0.2, 0.25) is 5.91 Å². The minimum Gasteiger partial charge on any atom is -0.341 e. The SMILES string of the molecule is CC(=O)N1CCCN(C(=O)c2ccc(-c3cc(C)c(C)[nH]c3=O)cc2)CC1. The third kappa shape index (κ3) is 4.10. The van der Waals surface area contributed by atoms with Crippen LogP contribution in [-0.2, 0) is 4.79 Å². The zero-order valence-corrected chi connectivity index (χ0v) is 16.0. The lowest BCUT2D eigenvalue weighted by Crippen LogP contribution is -2.36. The molecule has 1 aliphatic heterocycles. The van der Waals surface area contributed by atoms with E-state index in [2.05, 4.69) is 4.98 Å². The van der Waals surface area contributed by atoms with Crippen molar-refractivity contribution in [1.29, 1.82) is 0 Å². The van der Waals surface area contributed by atoms with E-state index in [9.17, 15) is 14.4 Å². The third-order valence-electron chi connectivity index (χ3n) is 5.17. The highest BCUT2D eigenvalue weighted by molar-refractivity contribution is 5.94. The van der Waals surface area contributed by atoms with E-state index in [0.29, 0.717) is 37.3 Å². The summed E-state index contributed by atoms with van der Waals surface area (Å²) >= 11 is 0. The van der Waals surface area contributed by atoms with Gasteiger partial charge in [0.25, 0.3) is 11.5 Å². The summed E-state index contributed by atoms with van der Waals surface area (Å²) in [6.07, 6.45) is 0.779. The molecule has 27 heavy (non-hydrogen) atoms. The molecule has 1 N–H and O–H groups in total. The average Bonchev–Trinajstić information content (AvgIpc) is 2.91. The largest absolute Gasteiger partial charge is 0.341 e. The van der Waals surface area contributed by atoms with E-state index in [1.165, 1.54) is 0 Å². The molecule has 2 aromatic rings. The average molecular weight is 367 g/mol. The number of carbonyl (C=O) groups is 2. The van der Waals surface area contributed by atoms with Crippen LogP contribution < -0.4 is 5.56 Å². The first-order valence-electron chi connectivity index (χ1n) is 9.22. The summed E-state index contributed by atoms with van der Waals surface area (Å²) in [4.78, 5) is 43.0. The minimum absolute atomic E-state index is 0.0408. The number of benzene rings is 1. The van der Waals surface area contributed by atoms with Crippen molar-refractivity contribution in [3.63, 3.8) is 0 Å². The fourth-order valence-corrected chi connectivity index (χ4v) is 3.35. The Labute approximate surface area is 158 Å². The van der Waals surface area contributed by atoms with Gasteiger partial charge < -0.3 is 14.8 Å². The molecule has 0 atom stereocenters. The summed E-state index contributed by atoms with van der Waals surface area (Å²) < 4.78 is 0. The number of amides is 2. The third-order valence-corrected chi connectivity index (χ3v) is 5.17. The van der Waals surface area contributed by atoms with Crippen LogP contribution in [0.5, 0.6) is 0 Å². The molecule has 1 aliphatic rings. The molecular formula is C21H25N3O3. The van der Waals surface area contributed by atoms with Crippen molar-refractivity contribution < 1.29 is 9.59 Å². The van der Waals surface area contributed by atoms with Gasteiger partial charge in [-0.2, -0.15) is 0 Å². The predicted molar refractivity (Wildman–Crippen MR) is 105 cm³/mol. The van der Waals surface area contributed by atoms with Crippen molar-refractivity contribution in [2.24, 2.45) is 0 Å². The number of aromatic nitrogens is 1. The Bertz CT molecular complexity index is 915. The smallest absolute Gasteiger partial charge is 0.256 e. The number of pyridine rings is 1. The van der Waals surface area contributed by atoms with E-state index >= 15 is 0 Å². The minimum atomic E-state index is -0.131. The number of rotatable bonds is 2. The first-order valence-corrected chi connectivity index (χ1v) is 9.22. The Balaban J connectivity index is 1.77. The first kappa shape index (κ1) is 18.9. The van der Waals surface area contributed by atoms with E-state index < -0.39 is 0 Å². The Kier molecular flexibility index (Phi) is 5.44. The number of aryl methyl sites for hydroxylation is 2. The van der Waals surface area contributed by atoms with Crippen molar-refractivity contribution in [1.82, 2.24) is 14.8 Å². The van der Waals surface area contributed by atoms with Crippen LogP contribution in [0.4, 0.5) is 0 Å². The molecule has 1 aromatic carbocycles. The molecule has 0 radical (unpaired) electrons. The van der Waals surface area contributed by atoms with Crippen LogP contribution in [0.25, 0.3) is 11.1 Å². The predicted octanol–water partition coefficient (Wildman–Crippen LogP) is 2.35. The van der Waals surface area contributed by atoms with Gasteiger partial charge in [-0.3, -0.25) is 14.4 Å². The zero-order chi connectivity index (χ0) is 19.6. The number of aromatic amines is 1. The van der Waals surface area contributed by atoms with Crippen molar-refractivity contribution in [2.45, 2.75) is 27.2 Å². The molecule has 0 aliphatic carbocycles. The van der Waals surface area contributed by atoms with E-state index in [0.717, 1.165) is 23.2 Å². The molecule has 1 saturated heterocycles. The summed E-state index contributed by atoms with van der Waals surface area (Å²) in [5.74, 6) is 0.00760. The summed E-state index contributed by atoms with van der Waals surface area (Å²) in [5, 5.41) is 0. The highest BCUT2D eigenvalue weighted by Gasteiger charge is 2.21. The van der Waals surface area contributed by atoms with Crippen molar-refractivity contribution in [3.8, 4) is 11.1 Å². The van der Waals surface area contributed by atoms with Gasteiger partial charge in [0.15, 0.2) is 0 Å². The molecule has 6 heteroatoms. The Morgan fingerprint density at radius 3 is 2.26 bits per heavy atom. The van der Waals surface area contributed by atoms with Gasteiger partial charge >= 0.3 is 0 Å². The monoisotopic (exact) mass is 367 g/mol.